The van der Waals surface area contributed by atoms with Crippen LogP contribution in [0.5, 0.6) is 0 Å². The molecular formula is C12H14N2O4S2. The van der Waals surface area contributed by atoms with Crippen LogP contribution >= 0.6 is 0 Å². The van der Waals surface area contributed by atoms with Gasteiger partial charge >= 0.3 is 0 Å². The van der Waals surface area contributed by atoms with Crippen LogP contribution in [-0.4, -0.2) is 33.6 Å². The van der Waals surface area contributed by atoms with E-state index >= 15 is 0 Å². The minimum Gasteiger partial charge on any atom is -0.282 e. The monoisotopic (exact) mass is 314 g/mol. The lowest BCUT2D eigenvalue weighted by Crippen LogP contribution is -2.36. The van der Waals surface area contributed by atoms with Crippen LogP contribution in [-0.2, 0) is 19.9 Å². The van der Waals surface area contributed by atoms with Crippen LogP contribution in [0.15, 0.2) is 24.3 Å². The molecule has 6 nitrogen and oxygen atoms in total. The number of rotatable bonds is 3. The molecule has 0 aliphatic carbocycles. The summed E-state index contributed by atoms with van der Waals surface area (Å²) in [5.41, 5.74) is 0.461. The Balaban J connectivity index is 2.18. The molecule has 1 saturated heterocycles. The molecule has 1 aromatic rings. The molecule has 0 atom stereocenters. The van der Waals surface area contributed by atoms with Gasteiger partial charge in [0.05, 0.1) is 28.0 Å². The Morgan fingerprint density at radius 3 is 2.40 bits per heavy atom. The Hall–Kier alpha value is -1.59. The van der Waals surface area contributed by atoms with E-state index in [2.05, 4.69) is 4.72 Å². The number of nitriles is 1. The van der Waals surface area contributed by atoms with Gasteiger partial charge < -0.3 is 0 Å². The third-order valence-electron chi connectivity index (χ3n) is 3.24. The number of para-hydroxylation sites is 1. The van der Waals surface area contributed by atoms with Crippen molar-refractivity contribution in [3.05, 3.63) is 29.8 Å². The third-order valence-corrected chi connectivity index (χ3v) is 6.81. The standard InChI is InChI=1S/C12H14N2O4S2/c13-9-10-3-1-2-4-12(10)14-20(17,18)11-5-7-19(15,16)8-6-11/h1-4,11,14H,5-8H2. The van der Waals surface area contributed by atoms with E-state index in [0.717, 1.165) is 0 Å². The maximum atomic E-state index is 12.2. The van der Waals surface area contributed by atoms with Crippen molar-refractivity contribution in [2.24, 2.45) is 0 Å². The van der Waals surface area contributed by atoms with Crippen LogP contribution in [0.1, 0.15) is 18.4 Å². The van der Waals surface area contributed by atoms with Gasteiger partial charge in [-0.05, 0) is 25.0 Å². The van der Waals surface area contributed by atoms with Gasteiger partial charge in [0.2, 0.25) is 10.0 Å². The number of sulfone groups is 1. The predicted molar refractivity (Wildman–Crippen MR) is 75.4 cm³/mol. The molecule has 108 valence electrons. The second-order valence-electron chi connectivity index (χ2n) is 4.66. The van der Waals surface area contributed by atoms with Crippen LogP contribution in [0.3, 0.4) is 0 Å². The SMILES string of the molecule is N#Cc1ccccc1NS(=O)(=O)C1CCS(=O)(=O)CC1. The maximum Gasteiger partial charge on any atom is 0.235 e. The number of anilines is 1. The Morgan fingerprint density at radius 1 is 1.20 bits per heavy atom. The van der Waals surface area contributed by atoms with E-state index in [1.807, 2.05) is 6.07 Å². The molecule has 8 heteroatoms. The first kappa shape index (κ1) is 14.8. The number of sulfonamides is 1. The molecule has 1 N–H and O–H groups in total. The van der Waals surface area contributed by atoms with Crippen LogP contribution in [0.4, 0.5) is 5.69 Å². The molecule has 20 heavy (non-hydrogen) atoms. The van der Waals surface area contributed by atoms with Crippen molar-refractivity contribution in [1.82, 2.24) is 0 Å². The summed E-state index contributed by atoms with van der Waals surface area (Å²) in [7, 11) is -6.79. The summed E-state index contributed by atoms with van der Waals surface area (Å²) in [6.45, 7) is 0. The van der Waals surface area contributed by atoms with Crippen LogP contribution in [0.2, 0.25) is 0 Å². The van der Waals surface area contributed by atoms with Crippen LogP contribution in [0, 0.1) is 11.3 Å². The zero-order valence-corrected chi connectivity index (χ0v) is 12.2. The highest BCUT2D eigenvalue weighted by Crippen LogP contribution is 2.23. The van der Waals surface area contributed by atoms with Crippen molar-refractivity contribution >= 4 is 25.5 Å². The first-order valence-corrected chi connectivity index (χ1v) is 9.42. The highest BCUT2D eigenvalue weighted by Gasteiger charge is 2.33. The molecule has 0 unspecified atom stereocenters. The van der Waals surface area contributed by atoms with Gasteiger partial charge in [-0.15, -0.1) is 0 Å². The van der Waals surface area contributed by atoms with Crippen molar-refractivity contribution in [3.8, 4) is 6.07 Å². The Morgan fingerprint density at radius 2 is 1.80 bits per heavy atom. The molecule has 0 aromatic heterocycles. The minimum absolute atomic E-state index is 0.0897. The summed E-state index contributed by atoms with van der Waals surface area (Å²) in [4.78, 5) is 0. The van der Waals surface area contributed by atoms with Crippen LogP contribution < -0.4 is 4.72 Å². The first-order chi connectivity index (χ1) is 9.34. The summed E-state index contributed by atoms with van der Waals surface area (Å²) in [6, 6.07) is 8.21. The van der Waals surface area contributed by atoms with Crippen molar-refractivity contribution in [3.63, 3.8) is 0 Å². The van der Waals surface area contributed by atoms with Crippen molar-refractivity contribution in [2.45, 2.75) is 18.1 Å². The van der Waals surface area contributed by atoms with Gasteiger partial charge in [-0.1, -0.05) is 12.1 Å². The normalized spacial score (nSPS) is 19.1. The average molecular weight is 314 g/mol. The zero-order valence-electron chi connectivity index (χ0n) is 10.6. The van der Waals surface area contributed by atoms with Gasteiger partial charge in [0.15, 0.2) is 0 Å². The number of nitrogens with zero attached hydrogens (tertiary/aromatic N) is 1. The number of nitrogens with one attached hydrogen (secondary N) is 1. The molecule has 1 aromatic carbocycles. The minimum atomic E-state index is -3.68. The summed E-state index contributed by atoms with van der Waals surface area (Å²) in [5, 5.41) is 8.19. The predicted octanol–water partition coefficient (Wildman–Crippen LogP) is 0.877. The maximum absolute atomic E-state index is 12.2. The van der Waals surface area contributed by atoms with E-state index in [1.54, 1.807) is 12.1 Å². The van der Waals surface area contributed by atoms with Gasteiger partial charge in [-0.25, -0.2) is 16.8 Å². The lowest BCUT2D eigenvalue weighted by atomic mass is 10.2. The fourth-order valence-corrected chi connectivity index (χ4v) is 5.38. The molecule has 0 amide bonds. The Labute approximate surface area is 118 Å². The van der Waals surface area contributed by atoms with Gasteiger partial charge in [0, 0.05) is 0 Å². The summed E-state index contributed by atoms with van der Waals surface area (Å²) >= 11 is 0. The molecule has 0 spiro atoms. The fraction of sp³-hybridized carbons (Fsp3) is 0.417. The van der Waals surface area contributed by atoms with E-state index in [4.69, 9.17) is 5.26 Å². The molecule has 1 aliphatic heterocycles. The van der Waals surface area contributed by atoms with E-state index < -0.39 is 25.1 Å². The van der Waals surface area contributed by atoms with E-state index in [1.165, 1.54) is 12.1 Å². The van der Waals surface area contributed by atoms with E-state index in [9.17, 15) is 16.8 Å². The Bertz CT molecular complexity index is 734. The van der Waals surface area contributed by atoms with Gasteiger partial charge in [0.25, 0.3) is 0 Å². The molecule has 1 fully saturated rings. The average Bonchev–Trinajstić information content (AvgIpc) is 2.38. The topological polar surface area (TPSA) is 104 Å². The lowest BCUT2D eigenvalue weighted by molar-refractivity contribution is 0.555. The number of benzene rings is 1. The second-order valence-corrected chi connectivity index (χ2v) is 8.92. The molecule has 0 saturated carbocycles. The summed E-state index contributed by atoms with van der Waals surface area (Å²) < 4.78 is 49.5. The highest BCUT2D eigenvalue weighted by molar-refractivity contribution is 7.94. The molecule has 0 bridgehead atoms. The fourth-order valence-electron chi connectivity index (χ4n) is 2.08. The molecule has 2 rings (SSSR count). The smallest absolute Gasteiger partial charge is 0.235 e. The quantitative estimate of drug-likeness (QED) is 0.891. The molecular weight excluding hydrogens is 300 g/mol. The van der Waals surface area contributed by atoms with E-state index in [0.29, 0.717) is 0 Å². The molecule has 0 radical (unpaired) electrons. The highest BCUT2D eigenvalue weighted by atomic mass is 32.2. The first-order valence-electron chi connectivity index (χ1n) is 6.05. The van der Waals surface area contributed by atoms with Crippen LogP contribution in [0.25, 0.3) is 0 Å². The van der Waals surface area contributed by atoms with Crippen molar-refractivity contribution in [2.75, 3.05) is 16.2 Å². The summed E-state index contributed by atoms with van der Waals surface area (Å²) in [6.07, 6.45) is 0.179. The van der Waals surface area contributed by atoms with E-state index in [-0.39, 0.29) is 35.6 Å². The third kappa shape index (κ3) is 3.29. The number of hydrogen-bond donors (Lipinski definition) is 1. The van der Waals surface area contributed by atoms with Crippen molar-refractivity contribution in [1.29, 1.82) is 5.26 Å². The lowest BCUT2D eigenvalue weighted by Gasteiger charge is -2.22. The summed E-state index contributed by atoms with van der Waals surface area (Å²) in [5.74, 6) is -0.225. The Kier molecular flexibility index (Phi) is 4.01. The molecule has 1 heterocycles. The van der Waals surface area contributed by atoms with Crippen molar-refractivity contribution < 1.29 is 16.8 Å². The van der Waals surface area contributed by atoms with Gasteiger partial charge in [-0.2, -0.15) is 5.26 Å². The largest absolute Gasteiger partial charge is 0.282 e. The zero-order chi connectivity index (χ0) is 14.8. The van der Waals surface area contributed by atoms with Gasteiger partial charge in [0.1, 0.15) is 15.9 Å². The molecule has 1 aliphatic rings. The second kappa shape index (κ2) is 5.42. The van der Waals surface area contributed by atoms with Gasteiger partial charge in [-0.3, -0.25) is 4.72 Å². The number of hydrogen-bond acceptors (Lipinski definition) is 5.